The molecule has 4 rings (SSSR count). The summed E-state index contributed by atoms with van der Waals surface area (Å²) in [6, 6.07) is 0. The molecule has 172 valence electrons. The molecule has 31 heavy (non-hydrogen) atoms. The molecule has 0 amide bonds. The molecule has 4 aliphatic rings. The highest BCUT2D eigenvalue weighted by Gasteiger charge is 2.75. The summed E-state index contributed by atoms with van der Waals surface area (Å²) in [7, 11) is 0. The summed E-state index contributed by atoms with van der Waals surface area (Å²) in [4.78, 5) is 25.1. The quantitative estimate of drug-likeness (QED) is 0.492. The van der Waals surface area contributed by atoms with Crippen molar-refractivity contribution in [2.45, 2.75) is 63.8 Å². The Hall–Kier alpha value is -1.02. The van der Waals surface area contributed by atoms with E-state index in [-0.39, 0.29) is 36.4 Å². The molecule has 3 saturated carbocycles. The Balaban J connectivity index is 1.73. The Bertz CT molecular complexity index is 857. The van der Waals surface area contributed by atoms with Gasteiger partial charge in [-0.05, 0) is 62.9 Å². The zero-order chi connectivity index (χ0) is 22.8. The van der Waals surface area contributed by atoms with Gasteiger partial charge in [0.15, 0.2) is 17.2 Å². The first-order valence-corrected chi connectivity index (χ1v) is 12.5. The van der Waals surface area contributed by atoms with Gasteiger partial charge in [0.05, 0.1) is 12.0 Å². The molecule has 5 nitrogen and oxygen atoms in total. The molecule has 0 heterocycles. The number of aliphatic hydroxyl groups excluding tert-OH is 1. The Morgan fingerprint density at radius 2 is 2.06 bits per heavy atom. The Kier molecular flexibility index (Phi) is 5.60. The fourth-order valence-corrected chi connectivity index (χ4v) is 7.72. The standard InChI is InChI=1S/C24H33FO5S/c1-14-9-18-17-6-5-15-10-16(26)7-8-21(15,2)23(17,25)19(27)11-22(18,3)24(14,29)20(28)12-30-13-31-4/h7-8,10,14,17-19,27,29H,5-6,9,11-13H2,1-4H3/t14?,17-,18-,19?,21-,22-,23-,24-/m0/s1. The third kappa shape index (κ3) is 2.85. The second-order valence-corrected chi connectivity index (χ2v) is 11.2. The van der Waals surface area contributed by atoms with E-state index in [1.54, 1.807) is 13.0 Å². The van der Waals surface area contributed by atoms with Crippen molar-refractivity contribution < 1.29 is 28.9 Å². The van der Waals surface area contributed by atoms with Crippen LogP contribution in [-0.4, -0.2) is 58.0 Å². The third-order valence-corrected chi connectivity index (χ3v) is 9.48. The second-order valence-electron chi connectivity index (χ2n) is 10.3. The van der Waals surface area contributed by atoms with Crippen molar-refractivity contribution in [2.24, 2.45) is 28.6 Å². The molecule has 8 atom stereocenters. The van der Waals surface area contributed by atoms with E-state index in [1.165, 1.54) is 23.9 Å². The van der Waals surface area contributed by atoms with Gasteiger partial charge in [0, 0.05) is 16.7 Å². The molecule has 0 aliphatic heterocycles. The molecule has 3 fully saturated rings. The molecule has 0 spiro atoms. The summed E-state index contributed by atoms with van der Waals surface area (Å²) in [5, 5.41) is 23.0. The molecule has 7 heteroatoms. The van der Waals surface area contributed by atoms with E-state index in [0.717, 1.165) is 5.57 Å². The van der Waals surface area contributed by atoms with Gasteiger partial charge in [-0.1, -0.05) is 25.5 Å². The van der Waals surface area contributed by atoms with Gasteiger partial charge < -0.3 is 14.9 Å². The van der Waals surface area contributed by atoms with Crippen molar-refractivity contribution in [1.82, 2.24) is 0 Å². The Morgan fingerprint density at radius 3 is 2.74 bits per heavy atom. The summed E-state index contributed by atoms with van der Waals surface area (Å²) < 4.78 is 22.5. The molecule has 4 aliphatic carbocycles. The van der Waals surface area contributed by atoms with E-state index in [4.69, 9.17) is 4.74 Å². The van der Waals surface area contributed by atoms with Gasteiger partial charge in [0.25, 0.3) is 0 Å². The monoisotopic (exact) mass is 452 g/mol. The highest BCUT2D eigenvalue weighted by atomic mass is 32.2. The number of ketones is 2. The first kappa shape index (κ1) is 23.1. The summed E-state index contributed by atoms with van der Waals surface area (Å²) in [5.74, 6) is -1.32. The summed E-state index contributed by atoms with van der Waals surface area (Å²) in [6.07, 6.45) is 6.60. The number of Topliss-reactive ketones (excluding diaryl/α,β-unsaturated/α-hetero) is 1. The molecular weight excluding hydrogens is 419 g/mol. The van der Waals surface area contributed by atoms with Crippen LogP contribution in [0.1, 0.15) is 46.5 Å². The predicted octanol–water partition coefficient (Wildman–Crippen LogP) is 3.24. The van der Waals surface area contributed by atoms with Crippen molar-refractivity contribution in [1.29, 1.82) is 0 Å². The highest BCUT2D eigenvalue weighted by Crippen LogP contribution is 2.70. The van der Waals surface area contributed by atoms with E-state index in [1.807, 2.05) is 20.1 Å². The molecule has 0 aromatic rings. The van der Waals surface area contributed by atoms with Gasteiger partial charge in [-0.25, -0.2) is 4.39 Å². The van der Waals surface area contributed by atoms with Crippen LogP contribution in [0.3, 0.4) is 0 Å². The number of alkyl halides is 1. The zero-order valence-electron chi connectivity index (χ0n) is 18.7. The van der Waals surface area contributed by atoms with Crippen LogP contribution in [0.5, 0.6) is 0 Å². The van der Waals surface area contributed by atoms with Crippen LogP contribution in [0.2, 0.25) is 0 Å². The van der Waals surface area contributed by atoms with Crippen LogP contribution < -0.4 is 0 Å². The van der Waals surface area contributed by atoms with Crippen molar-refractivity contribution in [3.05, 3.63) is 23.8 Å². The lowest BCUT2D eigenvalue weighted by Crippen LogP contribution is -2.69. The normalized spacial score (nSPS) is 48.6. The molecule has 0 bridgehead atoms. The van der Waals surface area contributed by atoms with Crippen LogP contribution in [0.15, 0.2) is 23.8 Å². The number of carbonyl (C=O) groups is 2. The second kappa shape index (κ2) is 7.51. The van der Waals surface area contributed by atoms with E-state index in [0.29, 0.717) is 25.2 Å². The number of fused-ring (bicyclic) bond motifs is 5. The van der Waals surface area contributed by atoms with Gasteiger partial charge in [-0.15, -0.1) is 11.8 Å². The van der Waals surface area contributed by atoms with Crippen LogP contribution >= 0.6 is 11.8 Å². The number of halogens is 1. The van der Waals surface area contributed by atoms with Gasteiger partial charge in [-0.2, -0.15) is 0 Å². The molecule has 2 N–H and O–H groups in total. The maximum Gasteiger partial charge on any atom is 0.190 e. The maximum atomic E-state index is 17.0. The topological polar surface area (TPSA) is 83.8 Å². The minimum Gasteiger partial charge on any atom is -0.390 e. The maximum absolute atomic E-state index is 17.0. The fraction of sp³-hybridized carbons (Fsp3) is 0.750. The lowest BCUT2D eigenvalue weighted by atomic mass is 9.44. The number of hydrogen-bond donors (Lipinski definition) is 2. The lowest BCUT2D eigenvalue weighted by molar-refractivity contribution is -0.219. The van der Waals surface area contributed by atoms with Crippen molar-refractivity contribution in [2.75, 3.05) is 18.8 Å². The van der Waals surface area contributed by atoms with Gasteiger partial charge in [0.2, 0.25) is 0 Å². The predicted molar refractivity (Wildman–Crippen MR) is 117 cm³/mol. The van der Waals surface area contributed by atoms with Gasteiger partial charge in [0.1, 0.15) is 12.2 Å². The largest absolute Gasteiger partial charge is 0.390 e. The molecule has 0 saturated heterocycles. The summed E-state index contributed by atoms with van der Waals surface area (Å²) >= 11 is 1.45. The van der Waals surface area contributed by atoms with Crippen LogP contribution in [-0.2, 0) is 14.3 Å². The number of rotatable bonds is 5. The number of allylic oxidation sites excluding steroid dienone is 4. The van der Waals surface area contributed by atoms with Crippen molar-refractivity contribution in [3.63, 3.8) is 0 Å². The first-order chi connectivity index (χ1) is 14.5. The molecule has 0 aromatic carbocycles. The van der Waals surface area contributed by atoms with E-state index in [2.05, 4.69) is 0 Å². The number of ether oxygens (including phenoxy) is 1. The van der Waals surface area contributed by atoms with Gasteiger partial charge >= 0.3 is 0 Å². The minimum absolute atomic E-state index is 0.00949. The summed E-state index contributed by atoms with van der Waals surface area (Å²) in [6.45, 7) is 5.26. The third-order valence-electron chi connectivity index (χ3n) is 9.08. The molecular formula is C24H33FO5S. The molecule has 0 aromatic heterocycles. The Morgan fingerprint density at radius 1 is 1.35 bits per heavy atom. The van der Waals surface area contributed by atoms with E-state index >= 15 is 4.39 Å². The van der Waals surface area contributed by atoms with E-state index < -0.39 is 34.1 Å². The minimum atomic E-state index is -1.96. The fourth-order valence-electron chi connectivity index (χ4n) is 7.47. The first-order valence-electron chi connectivity index (χ1n) is 11.1. The van der Waals surface area contributed by atoms with Gasteiger partial charge in [-0.3, -0.25) is 9.59 Å². The highest BCUT2D eigenvalue weighted by molar-refractivity contribution is 7.98. The van der Waals surface area contributed by atoms with Crippen LogP contribution in [0, 0.1) is 28.6 Å². The number of aliphatic hydroxyl groups is 2. The van der Waals surface area contributed by atoms with Crippen molar-refractivity contribution >= 4 is 23.3 Å². The Labute approximate surface area is 187 Å². The van der Waals surface area contributed by atoms with Crippen LogP contribution in [0.25, 0.3) is 0 Å². The molecule has 0 radical (unpaired) electrons. The number of thioether (sulfide) groups is 1. The van der Waals surface area contributed by atoms with Crippen molar-refractivity contribution in [3.8, 4) is 0 Å². The SMILES string of the molecule is CSCOCC(=O)[C@@]1(O)C(C)C[C@H]2[C@@H]3CCC4=CC(=O)C=C[C@]4(C)[C@@]3(F)C(O)C[C@@]21C. The molecule has 2 unspecified atom stereocenters. The van der Waals surface area contributed by atoms with E-state index in [9.17, 15) is 19.8 Å². The average molecular weight is 453 g/mol. The summed E-state index contributed by atoms with van der Waals surface area (Å²) in [5.41, 5.74) is -4.92. The average Bonchev–Trinajstić information content (AvgIpc) is 2.91. The zero-order valence-corrected chi connectivity index (χ0v) is 19.5. The smallest absolute Gasteiger partial charge is 0.190 e. The number of carbonyl (C=O) groups excluding carboxylic acids is 2. The van der Waals surface area contributed by atoms with Crippen LogP contribution in [0.4, 0.5) is 4.39 Å². The number of hydrogen-bond acceptors (Lipinski definition) is 6. The lowest BCUT2D eigenvalue weighted by Gasteiger charge is -2.62.